The Kier molecular flexibility index (Phi) is 6.57. The summed E-state index contributed by atoms with van der Waals surface area (Å²) in [6.07, 6.45) is 2.93. The van der Waals surface area contributed by atoms with E-state index in [1.54, 1.807) is 6.08 Å². The van der Waals surface area contributed by atoms with Crippen molar-refractivity contribution in [2.24, 2.45) is 0 Å². The van der Waals surface area contributed by atoms with E-state index in [1.165, 1.54) is 0 Å². The topological polar surface area (TPSA) is 49.3 Å². The van der Waals surface area contributed by atoms with Gasteiger partial charge in [-0.05, 0) is 25.3 Å². The van der Waals surface area contributed by atoms with Crippen LogP contribution in [0.4, 0.5) is 0 Å². The number of rotatable bonds is 8. The molecule has 3 heteroatoms. The van der Waals surface area contributed by atoms with Crippen LogP contribution in [0, 0.1) is 6.92 Å². The highest BCUT2D eigenvalue weighted by Gasteiger charge is 2.05. The SMILES string of the molecule is Cc1ccc(C(=O)/C=C(/CCCO)NCc2ccccc2)cc1. The largest absolute Gasteiger partial charge is 0.396 e. The number of allylic oxidation sites excluding steroid dienone is 2. The quantitative estimate of drug-likeness (QED) is 0.578. The lowest BCUT2D eigenvalue weighted by atomic mass is 10.1. The average Bonchev–Trinajstić information content (AvgIpc) is 2.58. The Morgan fingerprint density at radius 2 is 1.78 bits per heavy atom. The van der Waals surface area contributed by atoms with E-state index in [4.69, 9.17) is 5.11 Å². The van der Waals surface area contributed by atoms with Crippen LogP contribution in [0.15, 0.2) is 66.4 Å². The molecule has 0 atom stereocenters. The average molecular weight is 309 g/mol. The molecule has 120 valence electrons. The van der Waals surface area contributed by atoms with Crippen LogP contribution in [0.3, 0.4) is 0 Å². The van der Waals surface area contributed by atoms with Gasteiger partial charge in [-0.3, -0.25) is 4.79 Å². The second-order valence-electron chi connectivity index (χ2n) is 5.57. The fourth-order valence-electron chi connectivity index (χ4n) is 2.25. The van der Waals surface area contributed by atoms with Gasteiger partial charge in [0, 0.05) is 30.5 Å². The Morgan fingerprint density at radius 1 is 1.09 bits per heavy atom. The van der Waals surface area contributed by atoms with Crippen LogP contribution in [0.5, 0.6) is 0 Å². The van der Waals surface area contributed by atoms with Crippen LogP contribution in [0.25, 0.3) is 0 Å². The van der Waals surface area contributed by atoms with Crippen LogP contribution in [-0.2, 0) is 6.54 Å². The van der Waals surface area contributed by atoms with Crippen molar-refractivity contribution in [2.75, 3.05) is 6.61 Å². The van der Waals surface area contributed by atoms with Crippen LogP contribution >= 0.6 is 0 Å². The van der Waals surface area contributed by atoms with Gasteiger partial charge >= 0.3 is 0 Å². The van der Waals surface area contributed by atoms with Crippen molar-refractivity contribution in [2.45, 2.75) is 26.3 Å². The van der Waals surface area contributed by atoms with Gasteiger partial charge in [0.25, 0.3) is 0 Å². The lowest BCUT2D eigenvalue weighted by Gasteiger charge is -2.11. The van der Waals surface area contributed by atoms with Crippen molar-refractivity contribution < 1.29 is 9.90 Å². The second kappa shape index (κ2) is 8.91. The molecule has 2 aromatic carbocycles. The predicted octanol–water partition coefficient (Wildman–Crippen LogP) is 3.62. The molecule has 0 heterocycles. The van der Waals surface area contributed by atoms with Crippen molar-refractivity contribution in [3.63, 3.8) is 0 Å². The van der Waals surface area contributed by atoms with Crippen molar-refractivity contribution in [3.05, 3.63) is 83.1 Å². The van der Waals surface area contributed by atoms with Gasteiger partial charge in [0.2, 0.25) is 0 Å². The van der Waals surface area contributed by atoms with Crippen molar-refractivity contribution in [1.29, 1.82) is 0 Å². The Bertz CT molecular complexity index is 645. The Labute approximate surface area is 137 Å². The first-order valence-electron chi connectivity index (χ1n) is 7.89. The fraction of sp³-hybridized carbons (Fsp3) is 0.250. The first-order chi connectivity index (χ1) is 11.2. The summed E-state index contributed by atoms with van der Waals surface area (Å²) >= 11 is 0. The Balaban J connectivity index is 2.06. The van der Waals surface area contributed by atoms with Crippen molar-refractivity contribution in [3.8, 4) is 0 Å². The summed E-state index contributed by atoms with van der Waals surface area (Å²) in [5, 5.41) is 12.4. The molecule has 0 unspecified atom stereocenters. The van der Waals surface area contributed by atoms with Gasteiger partial charge < -0.3 is 10.4 Å². The zero-order chi connectivity index (χ0) is 16.5. The molecule has 0 aliphatic rings. The minimum Gasteiger partial charge on any atom is -0.396 e. The first-order valence-corrected chi connectivity index (χ1v) is 7.89. The molecule has 0 bridgehead atoms. The van der Waals surface area contributed by atoms with Crippen molar-refractivity contribution in [1.82, 2.24) is 5.32 Å². The third kappa shape index (κ3) is 5.72. The predicted molar refractivity (Wildman–Crippen MR) is 93.2 cm³/mol. The minimum atomic E-state index is -0.0153. The second-order valence-corrected chi connectivity index (χ2v) is 5.57. The number of nitrogens with one attached hydrogen (secondary N) is 1. The van der Waals surface area contributed by atoms with E-state index in [2.05, 4.69) is 5.32 Å². The molecule has 0 saturated carbocycles. The smallest absolute Gasteiger partial charge is 0.187 e. The first kappa shape index (κ1) is 17.0. The van der Waals surface area contributed by atoms with E-state index in [1.807, 2.05) is 61.5 Å². The van der Waals surface area contributed by atoms with Gasteiger partial charge in [-0.15, -0.1) is 0 Å². The standard InChI is InChI=1S/C20H23NO2/c1-16-9-11-18(12-10-16)20(23)14-19(8-5-13-22)21-15-17-6-3-2-4-7-17/h2-4,6-7,9-12,14,21-22H,5,8,13,15H2,1H3/b19-14-. The molecule has 0 aromatic heterocycles. The summed E-state index contributed by atoms with van der Waals surface area (Å²) in [6.45, 7) is 2.78. The molecule has 0 spiro atoms. The summed E-state index contributed by atoms with van der Waals surface area (Å²) in [5.74, 6) is -0.0153. The molecule has 3 nitrogen and oxygen atoms in total. The van der Waals surface area contributed by atoms with E-state index >= 15 is 0 Å². The number of ketones is 1. The number of aryl methyl sites for hydroxylation is 1. The van der Waals surface area contributed by atoms with Gasteiger partial charge in [-0.2, -0.15) is 0 Å². The van der Waals surface area contributed by atoms with Crippen LogP contribution in [-0.4, -0.2) is 17.5 Å². The molecule has 0 aliphatic heterocycles. The molecule has 0 fully saturated rings. The van der Waals surface area contributed by atoms with Gasteiger partial charge in [-0.1, -0.05) is 60.2 Å². The molecular weight excluding hydrogens is 286 g/mol. The zero-order valence-electron chi connectivity index (χ0n) is 13.5. The van der Waals surface area contributed by atoms with E-state index in [0.29, 0.717) is 24.9 Å². The molecule has 0 saturated heterocycles. The van der Waals surface area contributed by atoms with Crippen LogP contribution in [0.1, 0.15) is 34.3 Å². The summed E-state index contributed by atoms with van der Waals surface area (Å²) in [6, 6.07) is 17.6. The van der Waals surface area contributed by atoms with Gasteiger partial charge in [0.05, 0.1) is 0 Å². The molecule has 0 radical (unpaired) electrons. The molecule has 0 amide bonds. The number of carbonyl (C=O) groups is 1. The van der Waals surface area contributed by atoms with Crippen molar-refractivity contribution >= 4 is 5.78 Å². The zero-order valence-corrected chi connectivity index (χ0v) is 13.5. The summed E-state index contributed by atoms with van der Waals surface area (Å²) in [7, 11) is 0. The molecule has 2 N–H and O–H groups in total. The molecule has 2 aromatic rings. The third-order valence-electron chi connectivity index (χ3n) is 3.61. The Hall–Kier alpha value is -2.39. The molecule has 0 aliphatic carbocycles. The normalized spacial score (nSPS) is 11.3. The van der Waals surface area contributed by atoms with Gasteiger partial charge in [0.15, 0.2) is 5.78 Å². The number of benzene rings is 2. The van der Waals surface area contributed by atoms with E-state index < -0.39 is 0 Å². The molecular formula is C20H23NO2. The van der Waals surface area contributed by atoms with Crippen LogP contribution in [0.2, 0.25) is 0 Å². The highest BCUT2D eigenvalue weighted by Crippen LogP contribution is 2.09. The van der Waals surface area contributed by atoms with Gasteiger partial charge in [-0.25, -0.2) is 0 Å². The number of hydrogen-bond acceptors (Lipinski definition) is 3. The fourth-order valence-corrected chi connectivity index (χ4v) is 2.25. The van der Waals surface area contributed by atoms with E-state index in [0.717, 1.165) is 16.8 Å². The number of aliphatic hydroxyl groups is 1. The highest BCUT2D eigenvalue weighted by atomic mass is 16.2. The number of carbonyl (C=O) groups excluding carboxylic acids is 1. The molecule has 2 rings (SSSR count). The summed E-state index contributed by atoms with van der Waals surface area (Å²) < 4.78 is 0. The number of hydrogen-bond donors (Lipinski definition) is 2. The van der Waals surface area contributed by atoms with Crippen LogP contribution < -0.4 is 5.32 Å². The number of aliphatic hydroxyl groups excluding tert-OH is 1. The lowest BCUT2D eigenvalue weighted by molar-refractivity contribution is 0.104. The maximum absolute atomic E-state index is 12.4. The highest BCUT2D eigenvalue weighted by molar-refractivity contribution is 6.04. The van der Waals surface area contributed by atoms with E-state index in [9.17, 15) is 4.79 Å². The van der Waals surface area contributed by atoms with Gasteiger partial charge in [0.1, 0.15) is 0 Å². The Morgan fingerprint density at radius 3 is 2.43 bits per heavy atom. The van der Waals surface area contributed by atoms with E-state index in [-0.39, 0.29) is 12.4 Å². The molecule has 23 heavy (non-hydrogen) atoms. The lowest BCUT2D eigenvalue weighted by Crippen LogP contribution is -2.15. The maximum Gasteiger partial charge on any atom is 0.187 e. The summed E-state index contributed by atoms with van der Waals surface area (Å²) in [4.78, 5) is 12.4. The summed E-state index contributed by atoms with van der Waals surface area (Å²) in [5.41, 5.74) is 3.82. The minimum absolute atomic E-state index is 0.0153. The monoisotopic (exact) mass is 309 g/mol. The maximum atomic E-state index is 12.4. The third-order valence-corrected chi connectivity index (χ3v) is 3.61.